The normalized spacial score (nSPS) is 19.4. The van der Waals surface area contributed by atoms with Crippen molar-refractivity contribution in [2.75, 3.05) is 19.7 Å². The highest BCUT2D eigenvalue weighted by molar-refractivity contribution is 5.68. The van der Waals surface area contributed by atoms with Gasteiger partial charge in [0.15, 0.2) is 12.1 Å². The van der Waals surface area contributed by atoms with Crippen LogP contribution >= 0.6 is 0 Å². The topological polar surface area (TPSA) is 91.9 Å². The van der Waals surface area contributed by atoms with Gasteiger partial charge in [0.05, 0.1) is 6.54 Å². The lowest BCUT2D eigenvalue weighted by molar-refractivity contribution is -0.188. The first-order valence-electron chi connectivity index (χ1n) is 14.6. The predicted molar refractivity (Wildman–Crippen MR) is 157 cm³/mol. The second-order valence-corrected chi connectivity index (χ2v) is 11.7. The second kappa shape index (κ2) is 13.3. The van der Waals surface area contributed by atoms with Crippen LogP contribution in [0.25, 0.3) is 11.3 Å². The molecule has 0 aliphatic carbocycles. The van der Waals surface area contributed by atoms with Crippen molar-refractivity contribution in [2.24, 2.45) is 5.92 Å². The highest BCUT2D eigenvalue weighted by Gasteiger charge is 2.29. The smallest absolute Gasteiger partial charge is 0.410 e. The summed E-state index contributed by atoms with van der Waals surface area (Å²) in [6, 6.07) is 9.73. The first-order chi connectivity index (χ1) is 20.2. The van der Waals surface area contributed by atoms with Crippen molar-refractivity contribution in [3.8, 4) is 35.0 Å². The fraction of sp³-hybridized carbons (Fsp3) is 0.485. The number of likely N-dealkylation sites (tertiary alicyclic amines) is 1. The Hall–Kier alpha value is -4.05. The van der Waals surface area contributed by atoms with Gasteiger partial charge >= 0.3 is 6.09 Å². The molecule has 220 valence electrons. The molecule has 2 aliphatic heterocycles. The Kier molecular flexibility index (Phi) is 9.31. The molecule has 2 saturated heterocycles. The van der Waals surface area contributed by atoms with Gasteiger partial charge in [-0.05, 0) is 89.5 Å². The first kappa shape index (κ1) is 29.4. The van der Waals surface area contributed by atoms with E-state index in [4.69, 9.17) is 18.7 Å². The minimum atomic E-state index is -0.499. The standard InChI is InChI=1S/C33H38N4O5/c1-24(40-30-11-7-8-20-39-30)31-34-17-19-36(31)23-28-21-29(42-35-28)27-14-12-25(13-15-27)9-5-6-10-26-16-18-37(22-26)32(38)41-33(2,3)4/h12-15,17,19,21,24,26,30H,7-8,11,16,18,20,22-23H2,1-4H3/t24-,26?,30?/m0/s1. The molecular weight excluding hydrogens is 532 g/mol. The van der Waals surface area contributed by atoms with Crippen molar-refractivity contribution in [3.05, 3.63) is 59.8 Å². The summed E-state index contributed by atoms with van der Waals surface area (Å²) in [6.07, 6.45) is 6.97. The van der Waals surface area contributed by atoms with Gasteiger partial charge in [0.2, 0.25) is 0 Å². The number of ether oxygens (including phenoxy) is 3. The number of imidazole rings is 1. The molecule has 5 rings (SSSR count). The number of aromatic nitrogens is 3. The second-order valence-electron chi connectivity index (χ2n) is 11.7. The van der Waals surface area contributed by atoms with Crippen LogP contribution in [0.5, 0.6) is 0 Å². The highest BCUT2D eigenvalue weighted by atomic mass is 16.7. The Balaban J connectivity index is 1.13. The Morgan fingerprint density at radius 2 is 2.00 bits per heavy atom. The molecule has 1 amide bonds. The molecule has 0 spiro atoms. The van der Waals surface area contributed by atoms with Crippen LogP contribution in [0.3, 0.4) is 0 Å². The summed E-state index contributed by atoms with van der Waals surface area (Å²) in [6.45, 7) is 10.1. The molecular formula is C33H38N4O5. The third kappa shape index (κ3) is 8.03. The summed E-state index contributed by atoms with van der Waals surface area (Å²) in [5, 5.41) is 4.27. The van der Waals surface area contributed by atoms with Crippen LogP contribution in [-0.2, 0) is 20.8 Å². The van der Waals surface area contributed by atoms with Crippen LogP contribution in [0.4, 0.5) is 4.79 Å². The number of carbonyl (C=O) groups excluding carboxylic acids is 1. The van der Waals surface area contributed by atoms with Crippen LogP contribution in [-0.4, -0.2) is 57.3 Å². The molecule has 3 atom stereocenters. The van der Waals surface area contributed by atoms with Crippen molar-refractivity contribution in [2.45, 2.75) is 77.9 Å². The van der Waals surface area contributed by atoms with E-state index < -0.39 is 5.60 Å². The van der Waals surface area contributed by atoms with Crippen molar-refractivity contribution in [1.82, 2.24) is 19.6 Å². The minimum absolute atomic E-state index is 0.106. The molecule has 2 fully saturated rings. The van der Waals surface area contributed by atoms with Crippen molar-refractivity contribution in [3.63, 3.8) is 0 Å². The highest BCUT2D eigenvalue weighted by Crippen LogP contribution is 2.25. The molecule has 2 aromatic heterocycles. The molecule has 2 aliphatic rings. The number of hydrogen-bond acceptors (Lipinski definition) is 7. The number of benzene rings is 1. The Bertz CT molecular complexity index is 1470. The third-order valence-electron chi connectivity index (χ3n) is 7.05. The summed E-state index contributed by atoms with van der Waals surface area (Å²) in [4.78, 5) is 18.4. The average molecular weight is 571 g/mol. The monoisotopic (exact) mass is 570 g/mol. The molecule has 42 heavy (non-hydrogen) atoms. The maximum atomic E-state index is 12.2. The largest absolute Gasteiger partial charge is 0.444 e. The number of nitrogens with zero attached hydrogens (tertiary/aromatic N) is 4. The maximum Gasteiger partial charge on any atom is 0.410 e. The van der Waals surface area contributed by atoms with E-state index in [9.17, 15) is 4.79 Å². The van der Waals surface area contributed by atoms with Crippen LogP contribution in [0.15, 0.2) is 47.2 Å². The fourth-order valence-electron chi connectivity index (χ4n) is 4.95. The SMILES string of the molecule is C[C@H](OC1CCCCO1)c1nccn1Cc1cc(-c2ccc(C#CC#CC3CCN(C(=O)OC(C)(C)C)C3)cc2)on1. The van der Waals surface area contributed by atoms with Gasteiger partial charge in [0, 0.05) is 55.2 Å². The van der Waals surface area contributed by atoms with E-state index in [-0.39, 0.29) is 24.4 Å². The van der Waals surface area contributed by atoms with Gasteiger partial charge in [0.1, 0.15) is 23.2 Å². The summed E-state index contributed by atoms with van der Waals surface area (Å²) in [7, 11) is 0. The molecule has 0 bridgehead atoms. The average Bonchev–Trinajstić information content (AvgIpc) is 3.73. The molecule has 0 N–H and O–H groups in total. The molecule has 9 nitrogen and oxygen atoms in total. The lowest BCUT2D eigenvalue weighted by atomic mass is 10.1. The van der Waals surface area contributed by atoms with E-state index in [0.717, 1.165) is 54.9 Å². The van der Waals surface area contributed by atoms with Gasteiger partial charge in [-0.25, -0.2) is 9.78 Å². The number of hydrogen-bond donors (Lipinski definition) is 0. The molecule has 2 unspecified atom stereocenters. The lowest BCUT2D eigenvalue weighted by Gasteiger charge is -2.26. The van der Waals surface area contributed by atoms with Crippen LogP contribution in [0.2, 0.25) is 0 Å². The van der Waals surface area contributed by atoms with Gasteiger partial charge in [-0.2, -0.15) is 0 Å². The summed E-state index contributed by atoms with van der Waals surface area (Å²) >= 11 is 0. The van der Waals surface area contributed by atoms with Crippen LogP contribution in [0, 0.1) is 29.6 Å². The summed E-state index contributed by atoms with van der Waals surface area (Å²) in [5.74, 6) is 13.8. The van der Waals surface area contributed by atoms with Gasteiger partial charge in [-0.3, -0.25) is 0 Å². The van der Waals surface area contributed by atoms with Gasteiger partial charge in [-0.1, -0.05) is 17.0 Å². The maximum absolute atomic E-state index is 12.2. The lowest BCUT2D eigenvalue weighted by Crippen LogP contribution is -2.35. The zero-order chi connectivity index (χ0) is 29.5. The van der Waals surface area contributed by atoms with Crippen molar-refractivity contribution < 1.29 is 23.5 Å². The summed E-state index contributed by atoms with van der Waals surface area (Å²) < 4.78 is 24.9. The zero-order valence-corrected chi connectivity index (χ0v) is 24.8. The van der Waals surface area contributed by atoms with E-state index >= 15 is 0 Å². The van der Waals surface area contributed by atoms with Crippen molar-refractivity contribution in [1.29, 1.82) is 0 Å². The van der Waals surface area contributed by atoms with Gasteiger partial charge < -0.3 is 28.2 Å². The van der Waals surface area contributed by atoms with Gasteiger partial charge in [-0.15, -0.1) is 0 Å². The van der Waals surface area contributed by atoms with E-state index in [2.05, 4.69) is 33.8 Å². The molecule has 0 radical (unpaired) electrons. The zero-order valence-electron chi connectivity index (χ0n) is 24.8. The number of amides is 1. The predicted octanol–water partition coefficient (Wildman–Crippen LogP) is 5.80. The van der Waals surface area contributed by atoms with Crippen molar-refractivity contribution >= 4 is 6.09 Å². The van der Waals surface area contributed by atoms with E-state index in [1.165, 1.54) is 0 Å². The number of carbonyl (C=O) groups is 1. The molecule has 1 aromatic carbocycles. The molecule has 9 heteroatoms. The van der Waals surface area contributed by atoms with Crippen LogP contribution in [0.1, 0.15) is 76.6 Å². The summed E-state index contributed by atoms with van der Waals surface area (Å²) in [5.41, 5.74) is 2.06. The Morgan fingerprint density at radius 3 is 2.76 bits per heavy atom. The minimum Gasteiger partial charge on any atom is -0.444 e. The molecule has 0 saturated carbocycles. The Labute approximate surface area is 247 Å². The fourth-order valence-corrected chi connectivity index (χ4v) is 4.95. The first-order valence-corrected chi connectivity index (χ1v) is 14.6. The quantitative estimate of drug-likeness (QED) is 0.346. The Morgan fingerprint density at radius 1 is 1.17 bits per heavy atom. The number of rotatable bonds is 6. The van der Waals surface area contributed by atoms with E-state index in [0.29, 0.717) is 25.4 Å². The van der Waals surface area contributed by atoms with E-state index in [1.807, 2.05) is 68.8 Å². The molecule has 3 aromatic rings. The van der Waals surface area contributed by atoms with Crippen LogP contribution < -0.4 is 0 Å². The molecule has 4 heterocycles. The third-order valence-corrected chi connectivity index (χ3v) is 7.05. The van der Waals surface area contributed by atoms with E-state index in [1.54, 1.807) is 11.1 Å². The van der Waals surface area contributed by atoms with Gasteiger partial charge in [0.25, 0.3) is 0 Å².